The molecule has 0 atom stereocenters. The van der Waals surface area contributed by atoms with Gasteiger partial charge in [0.2, 0.25) is 0 Å². The van der Waals surface area contributed by atoms with E-state index in [1.165, 1.54) is 11.6 Å². The second-order valence-corrected chi connectivity index (χ2v) is 5.97. The van der Waals surface area contributed by atoms with Crippen LogP contribution in [0.2, 0.25) is 0 Å². The van der Waals surface area contributed by atoms with Crippen molar-refractivity contribution in [2.24, 2.45) is 0 Å². The first-order chi connectivity index (χ1) is 11.5. The van der Waals surface area contributed by atoms with Gasteiger partial charge in [-0.1, -0.05) is 31.2 Å². The predicted octanol–water partition coefficient (Wildman–Crippen LogP) is 2.45. The Labute approximate surface area is 142 Å². The molecule has 0 saturated carbocycles. The molecule has 0 radical (unpaired) electrons. The van der Waals surface area contributed by atoms with E-state index in [0.29, 0.717) is 5.76 Å². The van der Waals surface area contributed by atoms with Crippen molar-refractivity contribution < 1.29 is 14.4 Å². The SMILES string of the molecule is CCN(CCN(C)C)Cc1ccc(-c2ccc(C(=O)NO)o2)cc1. The summed E-state index contributed by atoms with van der Waals surface area (Å²) >= 11 is 0. The molecule has 0 saturated heterocycles. The zero-order valence-corrected chi connectivity index (χ0v) is 14.5. The van der Waals surface area contributed by atoms with Crippen LogP contribution in [0.3, 0.4) is 0 Å². The zero-order chi connectivity index (χ0) is 17.5. The maximum absolute atomic E-state index is 11.3. The molecule has 24 heavy (non-hydrogen) atoms. The lowest BCUT2D eigenvalue weighted by Gasteiger charge is -2.22. The first-order valence-corrected chi connectivity index (χ1v) is 8.04. The number of hydrogen-bond donors (Lipinski definition) is 2. The number of benzene rings is 1. The topological polar surface area (TPSA) is 69.0 Å². The maximum Gasteiger partial charge on any atom is 0.310 e. The van der Waals surface area contributed by atoms with Gasteiger partial charge in [-0.05, 0) is 38.3 Å². The molecule has 1 heterocycles. The van der Waals surface area contributed by atoms with Crippen molar-refractivity contribution in [1.29, 1.82) is 0 Å². The molecule has 0 unspecified atom stereocenters. The van der Waals surface area contributed by atoms with E-state index in [0.717, 1.165) is 31.7 Å². The molecular formula is C18H25N3O3. The Morgan fingerprint density at radius 3 is 2.42 bits per heavy atom. The minimum absolute atomic E-state index is 0.0809. The maximum atomic E-state index is 11.3. The van der Waals surface area contributed by atoms with Gasteiger partial charge in [-0.25, -0.2) is 5.48 Å². The van der Waals surface area contributed by atoms with Crippen LogP contribution in [-0.2, 0) is 6.54 Å². The molecular weight excluding hydrogens is 306 g/mol. The standard InChI is InChI=1S/C18H25N3O3/c1-4-21(12-11-20(2)3)13-14-5-7-15(8-6-14)16-9-10-17(24-16)18(22)19-23/h5-10,23H,4,11-13H2,1-3H3,(H,19,22). The fraction of sp³-hybridized carbons (Fsp3) is 0.389. The number of hydrogen-bond acceptors (Lipinski definition) is 5. The number of rotatable bonds is 8. The van der Waals surface area contributed by atoms with Gasteiger partial charge < -0.3 is 9.32 Å². The third kappa shape index (κ3) is 4.92. The zero-order valence-electron chi connectivity index (χ0n) is 14.5. The monoisotopic (exact) mass is 331 g/mol. The molecule has 0 spiro atoms. The molecule has 0 aliphatic rings. The number of hydroxylamine groups is 1. The van der Waals surface area contributed by atoms with Crippen LogP contribution in [0, 0.1) is 0 Å². The van der Waals surface area contributed by atoms with E-state index in [2.05, 4.69) is 43.0 Å². The van der Waals surface area contributed by atoms with Crippen LogP contribution >= 0.6 is 0 Å². The summed E-state index contributed by atoms with van der Waals surface area (Å²) in [5.41, 5.74) is 3.69. The molecule has 0 bridgehead atoms. The summed E-state index contributed by atoms with van der Waals surface area (Å²) in [5.74, 6) is 0.0230. The lowest BCUT2D eigenvalue weighted by atomic mass is 10.1. The van der Waals surface area contributed by atoms with Crippen molar-refractivity contribution in [3.8, 4) is 11.3 Å². The predicted molar refractivity (Wildman–Crippen MR) is 92.9 cm³/mol. The van der Waals surface area contributed by atoms with E-state index < -0.39 is 5.91 Å². The third-order valence-corrected chi connectivity index (χ3v) is 3.89. The van der Waals surface area contributed by atoms with E-state index in [-0.39, 0.29) is 5.76 Å². The summed E-state index contributed by atoms with van der Waals surface area (Å²) in [6.07, 6.45) is 0. The minimum atomic E-state index is -0.655. The molecule has 2 rings (SSSR count). The van der Waals surface area contributed by atoms with Crippen molar-refractivity contribution in [2.75, 3.05) is 33.7 Å². The fourth-order valence-corrected chi connectivity index (χ4v) is 2.39. The molecule has 0 aliphatic carbocycles. The average Bonchev–Trinajstić information content (AvgIpc) is 3.08. The van der Waals surface area contributed by atoms with E-state index in [1.807, 2.05) is 12.1 Å². The molecule has 6 nitrogen and oxygen atoms in total. The number of nitrogens with zero attached hydrogens (tertiary/aromatic N) is 2. The molecule has 1 aromatic carbocycles. The molecule has 0 aliphatic heterocycles. The minimum Gasteiger partial charge on any atom is -0.451 e. The lowest BCUT2D eigenvalue weighted by Crippen LogP contribution is -2.31. The first-order valence-electron chi connectivity index (χ1n) is 8.04. The van der Waals surface area contributed by atoms with Crippen LogP contribution < -0.4 is 5.48 Å². The van der Waals surface area contributed by atoms with Crippen LogP contribution in [0.15, 0.2) is 40.8 Å². The summed E-state index contributed by atoms with van der Waals surface area (Å²) in [5, 5.41) is 8.62. The normalized spacial score (nSPS) is 11.2. The summed E-state index contributed by atoms with van der Waals surface area (Å²) in [4.78, 5) is 15.9. The van der Waals surface area contributed by atoms with Gasteiger partial charge in [0.25, 0.3) is 0 Å². The fourth-order valence-electron chi connectivity index (χ4n) is 2.39. The van der Waals surface area contributed by atoms with Crippen LogP contribution in [-0.4, -0.2) is 54.6 Å². The number of carbonyl (C=O) groups is 1. The average molecular weight is 331 g/mol. The first kappa shape index (κ1) is 18.2. The highest BCUT2D eigenvalue weighted by atomic mass is 16.5. The van der Waals surface area contributed by atoms with Crippen molar-refractivity contribution in [3.05, 3.63) is 47.7 Å². The Hall–Kier alpha value is -2.15. The molecule has 0 fully saturated rings. The number of nitrogens with one attached hydrogen (secondary N) is 1. The van der Waals surface area contributed by atoms with Crippen molar-refractivity contribution in [3.63, 3.8) is 0 Å². The van der Waals surface area contributed by atoms with E-state index in [4.69, 9.17) is 9.62 Å². The largest absolute Gasteiger partial charge is 0.451 e. The Morgan fingerprint density at radius 2 is 1.83 bits per heavy atom. The second-order valence-electron chi connectivity index (χ2n) is 5.97. The summed E-state index contributed by atoms with van der Waals surface area (Å²) < 4.78 is 5.44. The smallest absolute Gasteiger partial charge is 0.310 e. The highest BCUT2D eigenvalue weighted by Crippen LogP contribution is 2.23. The van der Waals surface area contributed by atoms with Gasteiger partial charge in [-0.3, -0.25) is 14.9 Å². The van der Waals surface area contributed by atoms with Crippen molar-refractivity contribution in [1.82, 2.24) is 15.3 Å². The van der Waals surface area contributed by atoms with E-state index >= 15 is 0 Å². The molecule has 2 N–H and O–H groups in total. The molecule has 6 heteroatoms. The van der Waals surface area contributed by atoms with Crippen LogP contribution in [0.4, 0.5) is 0 Å². The van der Waals surface area contributed by atoms with E-state index in [9.17, 15) is 4.79 Å². The van der Waals surface area contributed by atoms with E-state index in [1.54, 1.807) is 11.5 Å². The Morgan fingerprint density at radius 1 is 1.12 bits per heavy atom. The quantitative estimate of drug-likeness (QED) is 0.574. The lowest BCUT2D eigenvalue weighted by molar-refractivity contribution is 0.0677. The van der Waals surface area contributed by atoms with Gasteiger partial charge in [0, 0.05) is 25.2 Å². The number of amides is 1. The van der Waals surface area contributed by atoms with Gasteiger partial charge in [0.1, 0.15) is 5.76 Å². The van der Waals surface area contributed by atoms with Gasteiger partial charge in [-0.15, -0.1) is 0 Å². The van der Waals surface area contributed by atoms with Gasteiger partial charge in [0.05, 0.1) is 0 Å². The van der Waals surface area contributed by atoms with Gasteiger partial charge >= 0.3 is 5.91 Å². The Balaban J connectivity index is 2.02. The molecule has 1 aromatic heterocycles. The summed E-state index contributed by atoms with van der Waals surface area (Å²) in [7, 11) is 4.16. The Kier molecular flexibility index (Phi) is 6.54. The van der Waals surface area contributed by atoms with Crippen LogP contribution in [0.1, 0.15) is 23.0 Å². The number of likely N-dealkylation sites (N-methyl/N-ethyl adjacent to an activating group) is 2. The second kappa shape index (κ2) is 8.63. The van der Waals surface area contributed by atoms with Crippen molar-refractivity contribution >= 4 is 5.91 Å². The van der Waals surface area contributed by atoms with Crippen LogP contribution in [0.25, 0.3) is 11.3 Å². The molecule has 1 amide bonds. The highest BCUT2D eigenvalue weighted by Gasteiger charge is 2.11. The van der Waals surface area contributed by atoms with Gasteiger partial charge in [-0.2, -0.15) is 0 Å². The van der Waals surface area contributed by atoms with Gasteiger partial charge in [0.15, 0.2) is 5.76 Å². The summed E-state index contributed by atoms with van der Waals surface area (Å²) in [6, 6.07) is 11.4. The highest BCUT2D eigenvalue weighted by molar-refractivity contribution is 5.91. The van der Waals surface area contributed by atoms with Crippen molar-refractivity contribution in [2.45, 2.75) is 13.5 Å². The molecule has 130 valence electrons. The third-order valence-electron chi connectivity index (χ3n) is 3.89. The summed E-state index contributed by atoms with van der Waals surface area (Å²) in [6.45, 7) is 6.14. The Bertz CT molecular complexity index is 650. The number of carbonyl (C=O) groups excluding carboxylic acids is 1. The number of furan rings is 1. The van der Waals surface area contributed by atoms with Crippen LogP contribution in [0.5, 0.6) is 0 Å². The molecule has 2 aromatic rings.